The molecule has 2 N–H and O–H groups in total. The van der Waals surface area contributed by atoms with Crippen LogP contribution in [0.1, 0.15) is 31.2 Å². The molecule has 2 aromatic rings. The van der Waals surface area contributed by atoms with Crippen LogP contribution in [0.2, 0.25) is 0 Å². The van der Waals surface area contributed by atoms with E-state index in [1.54, 1.807) is 0 Å². The molecule has 1 aromatic carbocycles. The fourth-order valence-corrected chi connectivity index (χ4v) is 3.27. The molecule has 0 saturated heterocycles. The van der Waals surface area contributed by atoms with Crippen LogP contribution < -0.4 is 10.6 Å². The zero-order chi connectivity index (χ0) is 13.9. The molecule has 106 valence electrons. The lowest BCUT2D eigenvalue weighted by Crippen LogP contribution is -2.25. The fraction of sp³-hybridized carbons (Fsp3) is 0.471. The molecule has 0 radical (unpaired) electrons. The lowest BCUT2D eigenvalue weighted by atomic mass is 10.1. The lowest BCUT2D eigenvalue weighted by molar-refractivity contribution is 0.545. The first kappa shape index (κ1) is 13.4. The Labute approximate surface area is 120 Å². The molecule has 1 saturated carbocycles. The van der Waals surface area contributed by atoms with E-state index in [4.69, 9.17) is 10.7 Å². The van der Waals surface area contributed by atoms with E-state index in [-0.39, 0.29) is 0 Å². The maximum absolute atomic E-state index is 5.90. The second kappa shape index (κ2) is 5.80. The molecule has 0 atom stereocenters. The first-order valence-corrected chi connectivity index (χ1v) is 7.58. The summed E-state index contributed by atoms with van der Waals surface area (Å²) in [6.07, 6.45) is 5.50. The highest BCUT2D eigenvalue weighted by Gasteiger charge is 2.18. The zero-order valence-electron chi connectivity index (χ0n) is 12.2. The summed E-state index contributed by atoms with van der Waals surface area (Å²) >= 11 is 0. The van der Waals surface area contributed by atoms with Gasteiger partial charge in [-0.15, -0.1) is 0 Å². The van der Waals surface area contributed by atoms with Gasteiger partial charge >= 0.3 is 0 Å². The molecule has 0 spiro atoms. The van der Waals surface area contributed by atoms with Crippen molar-refractivity contribution < 1.29 is 0 Å². The summed E-state index contributed by atoms with van der Waals surface area (Å²) in [4.78, 5) is 7.09. The number of anilines is 1. The second-order valence-electron chi connectivity index (χ2n) is 5.89. The van der Waals surface area contributed by atoms with Crippen molar-refractivity contribution in [1.29, 1.82) is 0 Å². The molecule has 0 aliphatic heterocycles. The van der Waals surface area contributed by atoms with Crippen molar-refractivity contribution in [3.63, 3.8) is 0 Å². The minimum absolute atomic E-state index is 0.563. The highest BCUT2D eigenvalue weighted by molar-refractivity contribution is 5.84. The Kier molecular flexibility index (Phi) is 3.88. The van der Waals surface area contributed by atoms with E-state index in [9.17, 15) is 0 Å². The molecular formula is C17H23N3. The summed E-state index contributed by atoms with van der Waals surface area (Å²) in [5, 5.41) is 1.17. The van der Waals surface area contributed by atoms with Gasteiger partial charge in [0.25, 0.3) is 0 Å². The van der Waals surface area contributed by atoms with Crippen LogP contribution in [0, 0.1) is 5.92 Å². The average molecular weight is 269 g/mol. The van der Waals surface area contributed by atoms with Gasteiger partial charge in [-0.3, -0.25) is 0 Å². The Morgan fingerprint density at radius 3 is 2.75 bits per heavy atom. The van der Waals surface area contributed by atoms with E-state index < -0.39 is 0 Å². The number of rotatable bonds is 4. The molecule has 1 aliphatic carbocycles. The monoisotopic (exact) mass is 269 g/mol. The summed E-state index contributed by atoms with van der Waals surface area (Å²) in [6, 6.07) is 10.4. The molecule has 1 heterocycles. The summed E-state index contributed by atoms with van der Waals surface area (Å²) in [7, 11) is 2.15. The Bertz CT molecular complexity index is 588. The number of hydrogen-bond acceptors (Lipinski definition) is 3. The maximum Gasteiger partial charge on any atom is 0.129 e. The van der Waals surface area contributed by atoms with Gasteiger partial charge in [0, 0.05) is 25.5 Å². The van der Waals surface area contributed by atoms with Crippen molar-refractivity contribution in [1.82, 2.24) is 4.98 Å². The Morgan fingerprint density at radius 1 is 1.25 bits per heavy atom. The van der Waals surface area contributed by atoms with Crippen LogP contribution in [0.25, 0.3) is 10.9 Å². The summed E-state index contributed by atoms with van der Waals surface area (Å²) in [5.74, 6) is 1.88. The fourth-order valence-electron chi connectivity index (χ4n) is 3.27. The van der Waals surface area contributed by atoms with Crippen molar-refractivity contribution in [2.75, 3.05) is 18.5 Å². The van der Waals surface area contributed by atoms with Crippen LogP contribution in [-0.4, -0.2) is 18.6 Å². The van der Waals surface area contributed by atoms with E-state index in [1.807, 2.05) is 12.1 Å². The number of para-hydroxylation sites is 1. The van der Waals surface area contributed by atoms with Gasteiger partial charge in [-0.2, -0.15) is 0 Å². The Balaban J connectivity index is 1.90. The lowest BCUT2D eigenvalue weighted by Gasteiger charge is -2.23. The Morgan fingerprint density at radius 2 is 2.00 bits per heavy atom. The number of pyridine rings is 1. The van der Waals surface area contributed by atoms with Gasteiger partial charge in [-0.25, -0.2) is 4.98 Å². The number of fused-ring (bicyclic) bond motifs is 1. The predicted molar refractivity (Wildman–Crippen MR) is 84.9 cm³/mol. The van der Waals surface area contributed by atoms with Crippen molar-refractivity contribution in [2.45, 2.75) is 32.2 Å². The smallest absolute Gasteiger partial charge is 0.129 e. The van der Waals surface area contributed by atoms with E-state index in [0.29, 0.717) is 6.54 Å². The van der Waals surface area contributed by atoms with E-state index in [1.165, 1.54) is 36.6 Å². The van der Waals surface area contributed by atoms with Crippen LogP contribution in [0.5, 0.6) is 0 Å². The highest BCUT2D eigenvalue weighted by Crippen LogP contribution is 2.28. The van der Waals surface area contributed by atoms with Gasteiger partial charge in [-0.1, -0.05) is 31.0 Å². The first-order chi connectivity index (χ1) is 9.78. The van der Waals surface area contributed by atoms with Gasteiger partial charge in [-0.05, 0) is 36.5 Å². The minimum atomic E-state index is 0.563. The number of benzene rings is 1. The molecule has 1 aliphatic rings. The van der Waals surface area contributed by atoms with E-state index in [2.05, 4.69) is 30.1 Å². The van der Waals surface area contributed by atoms with Crippen LogP contribution in [0.15, 0.2) is 30.3 Å². The van der Waals surface area contributed by atoms with Gasteiger partial charge < -0.3 is 10.6 Å². The quantitative estimate of drug-likeness (QED) is 0.926. The number of aromatic nitrogens is 1. The van der Waals surface area contributed by atoms with Crippen molar-refractivity contribution in [3.05, 3.63) is 35.9 Å². The van der Waals surface area contributed by atoms with Crippen molar-refractivity contribution in [2.24, 2.45) is 11.7 Å². The van der Waals surface area contributed by atoms with Gasteiger partial charge in [0.05, 0.1) is 5.52 Å². The molecule has 3 nitrogen and oxygen atoms in total. The first-order valence-electron chi connectivity index (χ1n) is 7.58. The van der Waals surface area contributed by atoms with Crippen LogP contribution in [0.3, 0.4) is 0 Å². The average Bonchev–Trinajstić information content (AvgIpc) is 2.99. The predicted octanol–water partition coefficient (Wildman–Crippen LogP) is 3.32. The summed E-state index contributed by atoms with van der Waals surface area (Å²) in [5.41, 5.74) is 8.13. The summed E-state index contributed by atoms with van der Waals surface area (Å²) in [6.45, 7) is 1.67. The van der Waals surface area contributed by atoms with Gasteiger partial charge in [0.15, 0.2) is 0 Å². The molecular weight excluding hydrogens is 246 g/mol. The highest BCUT2D eigenvalue weighted by atomic mass is 15.2. The topological polar surface area (TPSA) is 42.1 Å². The largest absolute Gasteiger partial charge is 0.359 e. The molecule has 3 heteroatoms. The van der Waals surface area contributed by atoms with E-state index >= 15 is 0 Å². The second-order valence-corrected chi connectivity index (χ2v) is 5.89. The molecule has 20 heavy (non-hydrogen) atoms. The zero-order valence-corrected chi connectivity index (χ0v) is 12.2. The van der Waals surface area contributed by atoms with Crippen LogP contribution in [0.4, 0.5) is 5.82 Å². The van der Waals surface area contributed by atoms with Crippen molar-refractivity contribution >= 4 is 16.7 Å². The SMILES string of the molecule is CN(CC1CCCC1)c1cc(CN)c2ccccc2n1. The normalized spacial score (nSPS) is 15.9. The maximum atomic E-state index is 5.90. The third kappa shape index (κ3) is 2.63. The number of hydrogen-bond donors (Lipinski definition) is 1. The minimum Gasteiger partial charge on any atom is -0.359 e. The molecule has 1 fully saturated rings. The van der Waals surface area contributed by atoms with Gasteiger partial charge in [0.1, 0.15) is 5.82 Å². The molecule has 0 unspecified atom stereocenters. The van der Waals surface area contributed by atoms with E-state index in [0.717, 1.165) is 23.8 Å². The number of nitrogens with zero attached hydrogens (tertiary/aromatic N) is 2. The number of nitrogens with two attached hydrogens (primary N) is 1. The Hall–Kier alpha value is -1.61. The molecule has 0 bridgehead atoms. The molecule has 0 amide bonds. The standard InChI is InChI=1S/C17H23N3/c1-20(12-13-6-2-3-7-13)17-10-14(11-18)15-8-4-5-9-16(15)19-17/h4-5,8-10,13H,2-3,6-7,11-12,18H2,1H3. The molecule has 3 rings (SSSR count). The van der Waals surface area contributed by atoms with Crippen molar-refractivity contribution in [3.8, 4) is 0 Å². The third-order valence-corrected chi connectivity index (χ3v) is 4.41. The third-order valence-electron chi connectivity index (χ3n) is 4.41. The van der Waals surface area contributed by atoms with Gasteiger partial charge in [0.2, 0.25) is 0 Å². The van der Waals surface area contributed by atoms with Crippen LogP contribution >= 0.6 is 0 Å². The molecule has 1 aromatic heterocycles. The summed E-state index contributed by atoms with van der Waals surface area (Å²) < 4.78 is 0. The van der Waals surface area contributed by atoms with Crippen LogP contribution in [-0.2, 0) is 6.54 Å².